The lowest BCUT2D eigenvalue weighted by Gasteiger charge is -2.14. The van der Waals surface area contributed by atoms with Gasteiger partial charge in [0.05, 0.1) is 10.7 Å². The lowest BCUT2D eigenvalue weighted by molar-refractivity contribution is -0.122. The van der Waals surface area contributed by atoms with Gasteiger partial charge in [0.25, 0.3) is 5.91 Å². The number of methoxy groups -OCH3 is 1. The Kier molecular flexibility index (Phi) is 6.73. The standard InChI is InChI=1S/C21H20FIN2O4/c1-3-8-25-20(26)17(24-21(25)27)10-14-9-16(23)19(18(11-14)28-2)29-12-13-4-6-15(22)7-5-13/h4-7,9-11H,3,8,12H2,1-2H3,(H,24,27)/b17-10+. The number of urea groups is 1. The third-order valence-electron chi connectivity index (χ3n) is 4.27. The lowest BCUT2D eigenvalue weighted by atomic mass is 10.1. The van der Waals surface area contributed by atoms with Gasteiger partial charge in [-0.25, -0.2) is 9.18 Å². The number of rotatable bonds is 7. The first kappa shape index (κ1) is 21.1. The summed E-state index contributed by atoms with van der Waals surface area (Å²) in [7, 11) is 1.53. The van der Waals surface area contributed by atoms with Gasteiger partial charge in [0.1, 0.15) is 18.1 Å². The molecule has 0 spiro atoms. The maximum Gasteiger partial charge on any atom is 0.329 e. The second-order valence-electron chi connectivity index (χ2n) is 6.39. The number of carbonyl (C=O) groups excluding carboxylic acids is 2. The zero-order valence-corrected chi connectivity index (χ0v) is 18.2. The highest BCUT2D eigenvalue weighted by molar-refractivity contribution is 14.1. The molecule has 2 aromatic rings. The Morgan fingerprint density at radius 1 is 1.21 bits per heavy atom. The normalized spacial score (nSPS) is 15.0. The van der Waals surface area contributed by atoms with Crippen LogP contribution in [0.2, 0.25) is 0 Å². The quantitative estimate of drug-likeness (QED) is 0.343. The van der Waals surface area contributed by atoms with E-state index in [4.69, 9.17) is 9.47 Å². The minimum Gasteiger partial charge on any atom is -0.493 e. The van der Waals surface area contributed by atoms with Crippen molar-refractivity contribution in [1.82, 2.24) is 10.2 Å². The first-order chi connectivity index (χ1) is 13.9. The third-order valence-corrected chi connectivity index (χ3v) is 5.07. The van der Waals surface area contributed by atoms with Gasteiger partial charge in [0.2, 0.25) is 0 Å². The summed E-state index contributed by atoms with van der Waals surface area (Å²) >= 11 is 2.12. The SMILES string of the molecule is CCCN1C(=O)N/C(=C/c2cc(I)c(OCc3ccc(F)cc3)c(OC)c2)C1=O. The number of nitrogens with one attached hydrogen (secondary N) is 1. The summed E-state index contributed by atoms with van der Waals surface area (Å²) in [6, 6.07) is 9.22. The van der Waals surface area contributed by atoms with E-state index in [9.17, 15) is 14.0 Å². The van der Waals surface area contributed by atoms with Crippen molar-refractivity contribution in [3.8, 4) is 11.5 Å². The molecule has 1 aliphatic rings. The molecule has 1 saturated heterocycles. The number of hydrogen-bond acceptors (Lipinski definition) is 4. The summed E-state index contributed by atoms with van der Waals surface area (Å²) in [6.45, 7) is 2.53. The predicted molar refractivity (Wildman–Crippen MR) is 115 cm³/mol. The molecule has 1 N–H and O–H groups in total. The molecule has 8 heteroatoms. The molecule has 6 nitrogen and oxygen atoms in total. The number of carbonyl (C=O) groups is 2. The van der Waals surface area contributed by atoms with Gasteiger partial charge in [-0.05, 0) is 70.5 Å². The molecule has 0 aromatic heterocycles. The number of nitrogens with zero attached hydrogens (tertiary/aromatic N) is 1. The van der Waals surface area contributed by atoms with Crippen LogP contribution < -0.4 is 14.8 Å². The summed E-state index contributed by atoms with van der Waals surface area (Å²) in [5.74, 6) is 0.397. The Balaban J connectivity index is 1.82. The first-order valence-electron chi connectivity index (χ1n) is 9.02. The Morgan fingerprint density at radius 3 is 2.59 bits per heavy atom. The number of halogens is 2. The first-order valence-corrected chi connectivity index (χ1v) is 10.1. The van der Waals surface area contributed by atoms with E-state index in [1.165, 1.54) is 24.1 Å². The van der Waals surface area contributed by atoms with Crippen LogP contribution in [0.1, 0.15) is 24.5 Å². The summed E-state index contributed by atoms with van der Waals surface area (Å²) in [5.41, 5.74) is 1.74. The average Bonchev–Trinajstić information content (AvgIpc) is 2.96. The largest absolute Gasteiger partial charge is 0.493 e. The second kappa shape index (κ2) is 9.25. The Bertz CT molecular complexity index is 960. The van der Waals surface area contributed by atoms with Crippen molar-refractivity contribution < 1.29 is 23.5 Å². The van der Waals surface area contributed by atoms with E-state index in [2.05, 4.69) is 27.9 Å². The number of hydrogen-bond donors (Lipinski definition) is 1. The van der Waals surface area contributed by atoms with E-state index in [1.807, 2.05) is 13.0 Å². The topological polar surface area (TPSA) is 67.9 Å². The molecular formula is C21H20FIN2O4. The van der Waals surface area contributed by atoms with Gasteiger partial charge < -0.3 is 14.8 Å². The Morgan fingerprint density at radius 2 is 1.93 bits per heavy atom. The summed E-state index contributed by atoms with van der Waals surface area (Å²) in [4.78, 5) is 25.5. The van der Waals surface area contributed by atoms with E-state index in [0.29, 0.717) is 30.0 Å². The number of ether oxygens (including phenoxy) is 2. The fraction of sp³-hybridized carbons (Fsp3) is 0.238. The molecule has 0 atom stereocenters. The minimum atomic E-state index is -0.413. The molecule has 0 unspecified atom stereocenters. The maximum absolute atomic E-state index is 13.0. The summed E-state index contributed by atoms with van der Waals surface area (Å²) in [5, 5.41) is 2.60. The highest BCUT2D eigenvalue weighted by Gasteiger charge is 2.32. The fourth-order valence-electron chi connectivity index (χ4n) is 2.86. The van der Waals surface area contributed by atoms with Gasteiger partial charge in [0.15, 0.2) is 11.5 Å². The van der Waals surface area contributed by atoms with Gasteiger partial charge in [-0.2, -0.15) is 0 Å². The van der Waals surface area contributed by atoms with E-state index < -0.39 is 6.03 Å². The van der Waals surface area contributed by atoms with Gasteiger partial charge in [-0.3, -0.25) is 9.69 Å². The maximum atomic E-state index is 13.0. The van der Waals surface area contributed by atoms with Crippen LogP contribution in [0, 0.1) is 9.39 Å². The molecule has 1 heterocycles. The molecule has 1 fully saturated rings. The van der Waals surface area contributed by atoms with Gasteiger partial charge in [0, 0.05) is 6.54 Å². The highest BCUT2D eigenvalue weighted by atomic mass is 127. The van der Waals surface area contributed by atoms with Crippen molar-refractivity contribution >= 4 is 40.6 Å². The molecule has 29 heavy (non-hydrogen) atoms. The van der Waals surface area contributed by atoms with Gasteiger partial charge >= 0.3 is 6.03 Å². The summed E-state index contributed by atoms with van der Waals surface area (Å²) in [6.07, 6.45) is 2.31. The predicted octanol–water partition coefficient (Wildman–Crippen LogP) is 4.32. The van der Waals surface area contributed by atoms with Crippen molar-refractivity contribution in [2.45, 2.75) is 20.0 Å². The average molecular weight is 510 g/mol. The zero-order valence-electron chi connectivity index (χ0n) is 16.0. The zero-order chi connectivity index (χ0) is 21.0. The molecule has 2 aromatic carbocycles. The van der Waals surface area contributed by atoms with Crippen molar-refractivity contribution in [2.75, 3.05) is 13.7 Å². The molecule has 0 bridgehead atoms. The molecule has 3 rings (SSSR count). The van der Waals surface area contributed by atoms with Gasteiger partial charge in [-0.1, -0.05) is 19.1 Å². The third kappa shape index (κ3) is 4.87. The second-order valence-corrected chi connectivity index (χ2v) is 7.56. The number of benzene rings is 2. The smallest absolute Gasteiger partial charge is 0.329 e. The Hall–Kier alpha value is -2.62. The highest BCUT2D eigenvalue weighted by Crippen LogP contribution is 2.35. The van der Waals surface area contributed by atoms with E-state index >= 15 is 0 Å². The molecular weight excluding hydrogens is 490 g/mol. The number of amides is 3. The van der Waals surface area contributed by atoms with Crippen molar-refractivity contribution in [3.63, 3.8) is 0 Å². The molecule has 0 radical (unpaired) electrons. The van der Waals surface area contributed by atoms with Crippen LogP contribution in [0.25, 0.3) is 6.08 Å². The monoisotopic (exact) mass is 510 g/mol. The van der Waals surface area contributed by atoms with Crippen LogP contribution in [-0.2, 0) is 11.4 Å². The lowest BCUT2D eigenvalue weighted by Crippen LogP contribution is -2.31. The minimum absolute atomic E-state index is 0.223. The van der Waals surface area contributed by atoms with Crippen LogP contribution in [-0.4, -0.2) is 30.5 Å². The Labute approximate surface area is 181 Å². The van der Waals surface area contributed by atoms with Crippen LogP contribution in [0.3, 0.4) is 0 Å². The van der Waals surface area contributed by atoms with Crippen LogP contribution in [0.5, 0.6) is 11.5 Å². The van der Waals surface area contributed by atoms with Crippen LogP contribution >= 0.6 is 22.6 Å². The number of imide groups is 1. The molecule has 152 valence electrons. The van der Waals surface area contributed by atoms with Gasteiger partial charge in [-0.15, -0.1) is 0 Å². The fourth-order valence-corrected chi connectivity index (χ4v) is 3.65. The van der Waals surface area contributed by atoms with Crippen molar-refractivity contribution in [3.05, 3.63) is 62.6 Å². The van der Waals surface area contributed by atoms with E-state index in [0.717, 1.165) is 9.13 Å². The molecule has 0 aliphatic carbocycles. The van der Waals surface area contributed by atoms with E-state index in [-0.39, 0.29) is 24.0 Å². The summed E-state index contributed by atoms with van der Waals surface area (Å²) < 4.78 is 25.1. The van der Waals surface area contributed by atoms with Crippen molar-refractivity contribution in [1.29, 1.82) is 0 Å². The molecule has 0 saturated carbocycles. The van der Waals surface area contributed by atoms with Crippen LogP contribution in [0.15, 0.2) is 42.1 Å². The van der Waals surface area contributed by atoms with E-state index in [1.54, 1.807) is 24.3 Å². The molecule has 1 aliphatic heterocycles. The van der Waals surface area contributed by atoms with Crippen LogP contribution in [0.4, 0.5) is 9.18 Å². The van der Waals surface area contributed by atoms with Crippen molar-refractivity contribution in [2.24, 2.45) is 0 Å². The molecule has 3 amide bonds.